The topological polar surface area (TPSA) is 39.4 Å². The van der Waals surface area contributed by atoms with Gasteiger partial charge in [0, 0.05) is 6.07 Å². The molecular formula is C14H16O3. The zero-order chi connectivity index (χ0) is 12.0. The van der Waals surface area contributed by atoms with Crippen molar-refractivity contribution < 1.29 is 9.15 Å². The molecule has 2 atom stereocenters. The van der Waals surface area contributed by atoms with Gasteiger partial charge in [0.05, 0.1) is 0 Å². The van der Waals surface area contributed by atoms with Gasteiger partial charge in [-0.3, -0.25) is 0 Å². The van der Waals surface area contributed by atoms with Gasteiger partial charge in [-0.2, -0.15) is 0 Å². The van der Waals surface area contributed by atoms with Crippen molar-refractivity contribution in [3.8, 4) is 5.75 Å². The van der Waals surface area contributed by atoms with E-state index in [1.165, 1.54) is 12.0 Å². The fourth-order valence-corrected chi connectivity index (χ4v) is 2.66. The molecule has 1 fully saturated rings. The predicted molar refractivity (Wildman–Crippen MR) is 65.1 cm³/mol. The van der Waals surface area contributed by atoms with Crippen LogP contribution in [0.4, 0.5) is 0 Å². The Balaban J connectivity index is 2.07. The van der Waals surface area contributed by atoms with Crippen molar-refractivity contribution in [3.05, 3.63) is 33.4 Å². The van der Waals surface area contributed by atoms with E-state index in [1.807, 2.05) is 12.1 Å². The summed E-state index contributed by atoms with van der Waals surface area (Å²) in [7, 11) is 0. The molecular weight excluding hydrogens is 216 g/mol. The molecule has 3 heteroatoms. The third-order valence-electron chi connectivity index (χ3n) is 3.63. The van der Waals surface area contributed by atoms with E-state index in [2.05, 4.69) is 6.92 Å². The van der Waals surface area contributed by atoms with Crippen LogP contribution in [0, 0.1) is 12.8 Å². The van der Waals surface area contributed by atoms with E-state index in [0.29, 0.717) is 23.0 Å². The highest BCUT2D eigenvalue weighted by atomic mass is 16.5. The first-order valence-corrected chi connectivity index (χ1v) is 6.15. The van der Waals surface area contributed by atoms with Gasteiger partial charge >= 0.3 is 5.63 Å². The Hall–Kier alpha value is -1.51. The summed E-state index contributed by atoms with van der Waals surface area (Å²) in [6, 6.07) is 1.81. The molecule has 3 nitrogen and oxygen atoms in total. The Morgan fingerprint density at radius 1 is 1.41 bits per heavy atom. The number of ether oxygens (including phenoxy) is 1. The van der Waals surface area contributed by atoms with Gasteiger partial charge in [-0.25, -0.2) is 4.79 Å². The van der Waals surface area contributed by atoms with Crippen molar-refractivity contribution in [2.75, 3.05) is 0 Å². The van der Waals surface area contributed by atoms with Crippen molar-refractivity contribution in [2.45, 2.75) is 39.2 Å². The minimum atomic E-state index is -0.287. The molecule has 3 rings (SSSR count). The largest absolute Gasteiger partial charge is 0.485 e. The van der Waals surface area contributed by atoms with Crippen molar-refractivity contribution >= 4 is 6.08 Å². The summed E-state index contributed by atoms with van der Waals surface area (Å²) in [5.41, 5.74) is 1.53. The van der Waals surface area contributed by atoms with Crippen LogP contribution in [0.1, 0.15) is 37.5 Å². The van der Waals surface area contributed by atoms with Crippen LogP contribution in [0.5, 0.6) is 5.75 Å². The summed E-state index contributed by atoms with van der Waals surface area (Å²) in [5.74, 6) is 1.98. The van der Waals surface area contributed by atoms with Gasteiger partial charge in [0.25, 0.3) is 0 Å². The Morgan fingerprint density at radius 2 is 2.24 bits per heavy atom. The number of hydrogen-bond donors (Lipinski definition) is 0. The number of hydrogen-bond acceptors (Lipinski definition) is 3. The second kappa shape index (κ2) is 3.76. The fourth-order valence-electron chi connectivity index (χ4n) is 2.66. The van der Waals surface area contributed by atoms with E-state index in [9.17, 15) is 4.79 Å². The molecule has 1 aromatic rings. The fraction of sp³-hybridized carbons (Fsp3) is 0.500. The third-order valence-corrected chi connectivity index (χ3v) is 3.63. The molecule has 0 radical (unpaired) electrons. The van der Waals surface area contributed by atoms with E-state index in [1.54, 1.807) is 6.92 Å². The van der Waals surface area contributed by atoms with E-state index in [4.69, 9.17) is 9.15 Å². The molecule has 0 bridgehead atoms. The predicted octanol–water partition coefficient (Wildman–Crippen LogP) is 2.91. The molecule has 1 aliphatic heterocycles. The summed E-state index contributed by atoms with van der Waals surface area (Å²) in [5, 5.41) is 0. The van der Waals surface area contributed by atoms with Gasteiger partial charge in [-0.05, 0) is 43.8 Å². The van der Waals surface area contributed by atoms with Crippen LogP contribution in [0.2, 0.25) is 0 Å². The van der Waals surface area contributed by atoms with Crippen LogP contribution < -0.4 is 10.4 Å². The first-order valence-electron chi connectivity index (χ1n) is 6.15. The van der Waals surface area contributed by atoms with Crippen molar-refractivity contribution in [2.24, 2.45) is 5.92 Å². The van der Waals surface area contributed by atoms with Gasteiger partial charge in [0.2, 0.25) is 0 Å². The lowest BCUT2D eigenvalue weighted by atomic mass is 9.83. The van der Waals surface area contributed by atoms with Crippen LogP contribution >= 0.6 is 0 Å². The lowest BCUT2D eigenvalue weighted by Gasteiger charge is -2.33. The molecule has 0 unspecified atom stereocenters. The molecule has 90 valence electrons. The maximum absolute atomic E-state index is 11.7. The Labute approximate surface area is 100 Å². The van der Waals surface area contributed by atoms with E-state index in [-0.39, 0.29) is 11.7 Å². The highest BCUT2D eigenvalue weighted by Crippen LogP contribution is 2.37. The van der Waals surface area contributed by atoms with Crippen LogP contribution in [0.25, 0.3) is 6.08 Å². The van der Waals surface area contributed by atoms with E-state index < -0.39 is 0 Å². The monoisotopic (exact) mass is 232 g/mol. The van der Waals surface area contributed by atoms with Crippen LogP contribution in [-0.4, -0.2) is 6.10 Å². The molecule has 1 aromatic heterocycles. The lowest BCUT2D eigenvalue weighted by Crippen LogP contribution is -2.30. The Bertz CT molecular complexity index is 539. The van der Waals surface area contributed by atoms with Crippen LogP contribution in [0.3, 0.4) is 0 Å². The molecule has 2 heterocycles. The third kappa shape index (κ3) is 1.79. The van der Waals surface area contributed by atoms with E-state index >= 15 is 0 Å². The molecule has 2 aliphatic rings. The number of fused-ring (bicyclic) bond motifs is 2. The van der Waals surface area contributed by atoms with Gasteiger partial charge in [-0.1, -0.05) is 6.92 Å². The first-order chi connectivity index (χ1) is 8.13. The minimum Gasteiger partial charge on any atom is -0.485 e. The summed E-state index contributed by atoms with van der Waals surface area (Å²) in [4.78, 5) is 11.7. The Kier molecular flexibility index (Phi) is 2.35. The van der Waals surface area contributed by atoms with Crippen LogP contribution in [-0.2, 0) is 0 Å². The van der Waals surface area contributed by atoms with Crippen LogP contribution in [0.15, 0.2) is 20.9 Å². The standard InChI is InChI=1S/C14H16O3/c1-8-3-4-10-7-11-13(17-12(10)5-8)6-9(2)16-14(11)15/h6-8,12H,3-5H2,1-2H3/t8-,12-/m0/s1. The second-order valence-corrected chi connectivity index (χ2v) is 5.13. The highest BCUT2D eigenvalue weighted by molar-refractivity contribution is 5.62. The van der Waals surface area contributed by atoms with Crippen molar-refractivity contribution in [1.29, 1.82) is 0 Å². The maximum Gasteiger partial charge on any atom is 0.346 e. The zero-order valence-electron chi connectivity index (χ0n) is 10.2. The Morgan fingerprint density at radius 3 is 3.06 bits per heavy atom. The SMILES string of the molecule is Cc1cc2c(c(=O)o1)C=C1CC[C@H](C)C[C@@H]1O2. The van der Waals surface area contributed by atoms with Gasteiger partial charge in [0.1, 0.15) is 23.2 Å². The summed E-state index contributed by atoms with van der Waals surface area (Å²) < 4.78 is 11.0. The lowest BCUT2D eigenvalue weighted by molar-refractivity contribution is 0.171. The maximum atomic E-state index is 11.7. The van der Waals surface area contributed by atoms with E-state index in [0.717, 1.165) is 12.8 Å². The average Bonchev–Trinajstić information content (AvgIpc) is 2.26. The smallest absolute Gasteiger partial charge is 0.346 e. The average molecular weight is 232 g/mol. The quantitative estimate of drug-likeness (QED) is 0.690. The first kappa shape index (κ1) is 10.6. The molecule has 17 heavy (non-hydrogen) atoms. The second-order valence-electron chi connectivity index (χ2n) is 5.13. The number of aryl methyl sites for hydroxylation is 1. The number of rotatable bonds is 0. The zero-order valence-corrected chi connectivity index (χ0v) is 10.2. The normalized spacial score (nSPS) is 26.6. The molecule has 1 saturated carbocycles. The summed E-state index contributed by atoms with van der Waals surface area (Å²) >= 11 is 0. The minimum absolute atomic E-state index is 0.160. The van der Waals surface area contributed by atoms with Gasteiger partial charge < -0.3 is 9.15 Å². The molecule has 0 spiro atoms. The van der Waals surface area contributed by atoms with Gasteiger partial charge in [0.15, 0.2) is 0 Å². The highest BCUT2D eigenvalue weighted by Gasteiger charge is 2.30. The summed E-state index contributed by atoms with van der Waals surface area (Å²) in [6.07, 6.45) is 5.38. The van der Waals surface area contributed by atoms with Crippen molar-refractivity contribution in [3.63, 3.8) is 0 Å². The molecule has 0 aromatic carbocycles. The van der Waals surface area contributed by atoms with Crippen molar-refractivity contribution in [1.82, 2.24) is 0 Å². The molecule has 0 saturated heterocycles. The molecule has 1 aliphatic carbocycles. The summed E-state index contributed by atoms with van der Waals surface area (Å²) in [6.45, 7) is 4.02. The van der Waals surface area contributed by atoms with Gasteiger partial charge in [-0.15, -0.1) is 0 Å². The molecule has 0 N–H and O–H groups in total. The molecule has 0 amide bonds.